The van der Waals surface area contributed by atoms with Crippen molar-refractivity contribution in [2.24, 2.45) is 5.92 Å². The largest absolute Gasteiger partial charge is 0.493 e. The number of nitrogens with zero attached hydrogens (tertiary/aromatic N) is 2. The maximum Gasteiger partial charge on any atom is 0.233 e. The highest BCUT2D eigenvalue weighted by atomic mass is 35.5. The van der Waals surface area contributed by atoms with Gasteiger partial charge < -0.3 is 14.5 Å². The number of amides is 2. The number of benzene rings is 2. The highest BCUT2D eigenvalue weighted by Crippen LogP contribution is 2.47. The summed E-state index contributed by atoms with van der Waals surface area (Å²) in [6, 6.07) is 17.7. The third kappa shape index (κ3) is 4.55. The second kappa shape index (κ2) is 9.99. The van der Waals surface area contributed by atoms with Gasteiger partial charge in [0.15, 0.2) is 0 Å². The number of rotatable bonds is 6. The molecule has 0 bridgehead atoms. The molecule has 0 radical (unpaired) electrons. The maximum absolute atomic E-state index is 13.9. The second-order valence-electron chi connectivity index (χ2n) is 9.95. The monoisotopic (exact) mass is 480 g/mol. The molecule has 0 unspecified atom stereocenters. The molecule has 1 saturated carbocycles. The van der Waals surface area contributed by atoms with Crippen molar-refractivity contribution in [2.45, 2.75) is 56.4 Å². The molecule has 180 valence electrons. The van der Waals surface area contributed by atoms with E-state index in [-0.39, 0.29) is 17.9 Å². The molecule has 2 aromatic carbocycles. The quantitative estimate of drug-likeness (QED) is 0.580. The average Bonchev–Trinajstić information content (AvgIpc) is 2.84. The zero-order valence-electron chi connectivity index (χ0n) is 19.6. The zero-order valence-corrected chi connectivity index (χ0v) is 20.4. The van der Waals surface area contributed by atoms with E-state index in [4.69, 9.17) is 16.3 Å². The molecule has 2 saturated heterocycles. The molecule has 34 heavy (non-hydrogen) atoms. The Bertz CT molecular complexity index is 1010. The number of hydrogen-bond acceptors (Lipinski definition) is 3. The summed E-state index contributed by atoms with van der Waals surface area (Å²) in [5.41, 5.74) is 0.704. The second-order valence-corrected chi connectivity index (χ2v) is 10.4. The molecule has 2 amide bonds. The van der Waals surface area contributed by atoms with Crippen LogP contribution in [0.1, 0.15) is 50.5 Å². The lowest BCUT2D eigenvalue weighted by Crippen LogP contribution is -2.61. The van der Waals surface area contributed by atoms with Gasteiger partial charge in [-0.1, -0.05) is 48.4 Å². The standard InChI is InChI=1S/C28H33ClN2O3/c29-23-11-9-22(10-12-23)28(15-5-16-28)27(33)31-17-4-6-21-20-30(18-13-25(21)31)26(32)14-19-34-24-7-2-1-3-8-24/h1-3,7-12,21,25H,4-6,13-20H2/t21-,25+/m1/s1. The van der Waals surface area contributed by atoms with Gasteiger partial charge in [0.2, 0.25) is 11.8 Å². The van der Waals surface area contributed by atoms with Crippen LogP contribution < -0.4 is 4.74 Å². The molecule has 2 heterocycles. The van der Waals surface area contributed by atoms with Crippen LogP contribution in [-0.2, 0) is 15.0 Å². The first-order valence-electron chi connectivity index (χ1n) is 12.6. The minimum Gasteiger partial charge on any atom is -0.493 e. The smallest absolute Gasteiger partial charge is 0.233 e. The van der Waals surface area contributed by atoms with Crippen LogP contribution >= 0.6 is 11.6 Å². The lowest BCUT2D eigenvalue weighted by molar-refractivity contribution is -0.149. The Morgan fingerprint density at radius 1 is 0.971 bits per heavy atom. The molecule has 3 fully saturated rings. The van der Waals surface area contributed by atoms with E-state index >= 15 is 0 Å². The number of piperidine rings is 2. The summed E-state index contributed by atoms with van der Waals surface area (Å²) < 4.78 is 5.72. The van der Waals surface area contributed by atoms with Gasteiger partial charge in [0.25, 0.3) is 0 Å². The minimum atomic E-state index is -0.395. The number of halogens is 1. The molecule has 6 heteroatoms. The lowest BCUT2D eigenvalue weighted by atomic mass is 9.63. The topological polar surface area (TPSA) is 49.9 Å². The molecule has 2 aliphatic heterocycles. The summed E-state index contributed by atoms with van der Waals surface area (Å²) in [5, 5.41) is 0.704. The van der Waals surface area contributed by atoms with E-state index in [1.807, 2.05) is 59.5 Å². The van der Waals surface area contributed by atoms with E-state index in [2.05, 4.69) is 4.90 Å². The minimum absolute atomic E-state index is 0.148. The third-order valence-electron chi connectivity index (χ3n) is 8.02. The van der Waals surface area contributed by atoms with E-state index in [9.17, 15) is 9.59 Å². The molecular weight excluding hydrogens is 448 g/mol. The van der Waals surface area contributed by atoms with Gasteiger partial charge in [0.05, 0.1) is 18.4 Å². The first-order valence-corrected chi connectivity index (χ1v) is 13.0. The molecule has 0 N–H and O–H groups in total. The van der Waals surface area contributed by atoms with Crippen LogP contribution in [-0.4, -0.2) is 53.9 Å². The molecule has 0 spiro atoms. The van der Waals surface area contributed by atoms with Crippen molar-refractivity contribution in [1.82, 2.24) is 9.80 Å². The number of ether oxygens (including phenoxy) is 1. The molecule has 1 aliphatic carbocycles. The molecule has 5 rings (SSSR count). The van der Waals surface area contributed by atoms with E-state index in [1.54, 1.807) is 0 Å². The van der Waals surface area contributed by atoms with Gasteiger partial charge in [0, 0.05) is 30.7 Å². The summed E-state index contributed by atoms with van der Waals surface area (Å²) in [6.07, 6.45) is 6.23. The SMILES string of the molecule is O=C(CCOc1ccccc1)N1CC[C@H]2[C@H](CCCN2C(=O)C2(c3ccc(Cl)cc3)CCC2)C1. The maximum atomic E-state index is 13.9. The van der Waals surface area contributed by atoms with Crippen molar-refractivity contribution in [1.29, 1.82) is 0 Å². The molecule has 0 aromatic heterocycles. The van der Waals surface area contributed by atoms with Crippen molar-refractivity contribution >= 4 is 23.4 Å². The summed E-state index contributed by atoms with van der Waals surface area (Å²) >= 11 is 6.11. The summed E-state index contributed by atoms with van der Waals surface area (Å²) in [5.74, 6) is 1.58. The van der Waals surface area contributed by atoms with E-state index < -0.39 is 5.41 Å². The molecule has 2 aromatic rings. The van der Waals surface area contributed by atoms with Gasteiger partial charge in [0.1, 0.15) is 5.75 Å². The number of fused-ring (bicyclic) bond motifs is 1. The Balaban J connectivity index is 1.21. The number of hydrogen-bond donors (Lipinski definition) is 0. The van der Waals surface area contributed by atoms with Crippen LogP contribution in [0.2, 0.25) is 5.02 Å². The first-order chi connectivity index (χ1) is 16.6. The molecule has 2 atom stereocenters. The van der Waals surface area contributed by atoms with Crippen molar-refractivity contribution in [3.05, 3.63) is 65.2 Å². The normalized spacial score (nSPS) is 23.6. The van der Waals surface area contributed by atoms with Gasteiger partial charge in [-0.25, -0.2) is 0 Å². The van der Waals surface area contributed by atoms with Gasteiger partial charge in [-0.05, 0) is 67.9 Å². The van der Waals surface area contributed by atoms with Gasteiger partial charge in [-0.3, -0.25) is 9.59 Å². The van der Waals surface area contributed by atoms with Crippen molar-refractivity contribution in [3.63, 3.8) is 0 Å². The Kier molecular flexibility index (Phi) is 6.82. The Morgan fingerprint density at radius 2 is 1.74 bits per heavy atom. The average molecular weight is 481 g/mol. The summed E-state index contributed by atoms with van der Waals surface area (Å²) in [4.78, 5) is 30.9. The Labute approximate surface area is 207 Å². The number of likely N-dealkylation sites (tertiary alicyclic amines) is 2. The number of para-hydroxylation sites is 1. The van der Waals surface area contributed by atoms with E-state index in [0.717, 1.165) is 62.9 Å². The fourth-order valence-electron chi connectivity index (χ4n) is 6.01. The van der Waals surface area contributed by atoms with Crippen molar-refractivity contribution in [2.75, 3.05) is 26.2 Å². The molecular formula is C28H33ClN2O3. The van der Waals surface area contributed by atoms with Crippen molar-refractivity contribution in [3.8, 4) is 5.75 Å². The molecule has 3 aliphatic rings. The van der Waals surface area contributed by atoms with Gasteiger partial charge in [-0.2, -0.15) is 0 Å². The van der Waals surface area contributed by atoms with Crippen molar-refractivity contribution < 1.29 is 14.3 Å². The number of carbonyl (C=O) groups is 2. The highest BCUT2D eigenvalue weighted by Gasteiger charge is 2.50. The molecule has 5 nitrogen and oxygen atoms in total. The lowest BCUT2D eigenvalue weighted by Gasteiger charge is -2.52. The van der Waals surface area contributed by atoms with Crippen LogP contribution in [0.15, 0.2) is 54.6 Å². The summed E-state index contributed by atoms with van der Waals surface area (Å²) in [6.45, 7) is 2.67. The fraction of sp³-hybridized carbons (Fsp3) is 0.500. The first kappa shape index (κ1) is 23.2. The number of carbonyl (C=O) groups excluding carboxylic acids is 2. The highest BCUT2D eigenvalue weighted by molar-refractivity contribution is 6.30. The fourth-order valence-corrected chi connectivity index (χ4v) is 6.14. The predicted octanol–water partition coefficient (Wildman–Crippen LogP) is 5.07. The summed E-state index contributed by atoms with van der Waals surface area (Å²) in [7, 11) is 0. The predicted molar refractivity (Wildman–Crippen MR) is 133 cm³/mol. The van der Waals surface area contributed by atoms with Gasteiger partial charge >= 0.3 is 0 Å². The third-order valence-corrected chi connectivity index (χ3v) is 8.27. The van der Waals surface area contributed by atoms with E-state index in [1.165, 1.54) is 0 Å². The van der Waals surface area contributed by atoms with Crippen LogP contribution in [0.5, 0.6) is 5.75 Å². The van der Waals surface area contributed by atoms with Crippen LogP contribution in [0, 0.1) is 5.92 Å². The Hall–Kier alpha value is -2.53. The van der Waals surface area contributed by atoms with Crippen LogP contribution in [0.3, 0.4) is 0 Å². The Morgan fingerprint density at radius 3 is 2.44 bits per heavy atom. The van der Waals surface area contributed by atoms with Gasteiger partial charge in [-0.15, -0.1) is 0 Å². The zero-order chi connectivity index (χ0) is 23.5. The van der Waals surface area contributed by atoms with E-state index in [0.29, 0.717) is 30.5 Å². The van der Waals surface area contributed by atoms with Crippen LogP contribution in [0.25, 0.3) is 0 Å². The van der Waals surface area contributed by atoms with Crippen LogP contribution in [0.4, 0.5) is 0 Å².